The summed E-state index contributed by atoms with van der Waals surface area (Å²) in [4.78, 5) is 30.6. The molecule has 0 aliphatic carbocycles. The number of pyridine rings is 1. The van der Waals surface area contributed by atoms with Gasteiger partial charge in [-0.1, -0.05) is 6.07 Å². The maximum atomic E-state index is 13.1. The molecular formula is C22H20N4O3. The summed E-state index contributed by atoms with van der Waals surface area (Å²) in [6, 6.07) is 18.2. The molecular weight excluding hydrogens is 368 g/mol. The number of aromatic nitrogens is 1. The van der Waals surface area contributed by atoms with E-state index in [2.05, 4.69) is 15.6 Å². The molecule has 1 unspecified atom stereocenters. The van der Waals surface area contributed by atoms with Crippen molar-refractivity contribution in [3.63, 3.8) is 0 Å². The molecule has 7 nitrogen and oxygen atoms in total. The molecule has 1 aromatic heterocycles. The Morgan fingerprint density at radius 1 is 1.07 bits per heavy atom. The third-order valence-electron chi connectivity index (χ3n) is 4.64. The highest BCUT2D eigenvalue weighted by Gasteiger charge is 2.39. The van der Waals surface area contributed by atoms with Crippen LogP contribution in [-0.4, -0.2) is 23.9 Å². The molecule has 29 heavy (non-hydrogen) atoms. The van der Waals surface area contributed by atoms with Crippen LogP contribution >= 0.6 is 0 Å². The molecule has 2 N–H and O–H groups in total. The summed E-state index contributed by atoms with van der Waals surface area (Å²) in [5.41, 5.74) is 3.36. The van der Waals surface area contributed by atoms with E-state index in [0.717, 1.165) is 11.4 Å². The van der Waals surface area contributed by atoms with Gasteiger partial charge in [0.2, 0.25) is 5.91 Å². The van der Waals surface area contributed by atoms with Gasteiger partial charge in [-0.25, -0.2) is 0 Å². The molecule has 0 bridgehead atoms. The molecule has 0 spiro atoms. The molecule has 2 aromatic carbocycles. The second kappa shape index (κ2) is 7.63. The summed E-state index contributed by atoms with van der Waals surface area (Å²) < 4.78 is 5.22. The quantitative estimate of drug-likeness (QED) is 0.694. The normalized spacial score (nSPS) is 15.0. The van der Waals surface area contributed by atoms with Crippen molar-refractivity contribution < 1.29 is 14.3 Å². The molecule has 2 amide bonds. The number of carbonyl (C=O) groups excluding carboxylic acids is 2. The Balaban J connectivity index is 1.71. The van der Waals surface area contributed by atoms with Gasteiger partial charge >= 0.3 is 0 Å². The summed E-state index contributed by atoms with van der Waals surface area (Å²) in [6.07, 6.45) is 1.19. The van der Waals surface area contributed by atoms with Gasteiger partial charge in [0.25, 0.3) is 5.91 Å². The number of hydrogen-bond donors (Lipinski definition) is 2. The molecule has 2 heterocycles. The minimum Gasteiger partial charge on any atom is -0.497 e. The average Bonchev–Trinajstić information content (AvgIpc) is 3.00. The molecule has 7 heteroatoms. The number of methoxy groups -OCH3 is 1. The van der Waals surface area contributed by atoms with Gasteiger partial charge in [0.15, 0.2) is 6.17 Å². The van der Waals surface area contributed by atoms with E-state index in [1.54, 1.807) is 36.4 Å². The van der Waals surface area contributed by atoms with Crippen molar-refractivity contribution in [2.45, 2.75) is 13.1 Å². The Bertz CT molecular complexity index is 1070. The van der Waals surface area contributed by atoms with Crippen LogP contribution in [0.15, 0.2) is 66.9 Å². The number of fused-ring (bicyclic) bond motifs is 1. The zero-order valence-corrected chi connectivity index (χ0v) is 16.0. The average molecular weight is 388 g/mol. The Hall–Kier alpha value is -3.87. The predicted octanol–water partition coefficient (Wildman–Crippen LogP) is 3.82. The minimum absolute atomic E-state index is 0.131. The van der Waals surface area contributed by atoms with Crippen molar-refractivity contribution in [1.29, 1.82) is 0 Å². The maximum absolute atomic E-state index is 13.1. The van der Waals surface area contributed by atoms with Gasteiger partial charge in [0.05, 0.1) is 18.4 Å². The lowest BCUT2D eigenvalue weighted by Gasteiger charge is -2.27. The molecule has 4 rings (SSSR count). The largest absolute Gasteiger partial charge is 0.497 e. The standard InChI is InChI=1S/C22H20N4O3/c1-14(27)24-15-5-3-6-16(13-15)25-21-20-19(7-4-12-23-20)22(28)26(21)17-8-10-18(29-2)11-9-17/h3-13,21,25H,1-2H3,(H,24,27). The molecule has 0 radical (unpaired) electrons. The fraction of sp³-hybridized carbons (Fsp3) is 0.136. The highest BCUT2D eigenvalue weighted by molar-refractivity contribution is 6.11. The third-order valence-corrected chi connectivity index (χ3v) is 4.64. The number of ether oxygens (including phenoxy) is 1. The first-order valence-electron chi connectivity index (χ1n) is 9.13. The first-order valence-corrected chi connectivity index (χ1v) is 9.13. The van der Waals surface area contributed by atoms with E-state index < -0.39 is 6.17 Å². The van der Waals surface area contributed by atoms with Crippen LogP contribution in [0.1, 0.15) is 29.1 Å². The van der Waals surface area contributed by atoms with Gasteiger partial charge in [-0.15, -0.1) is 0 Å². The van der Waals surface area contributed by atoms with Crippen LogP contribution in [0.2, 0.25) is 0 Å². The number of rotatable bonds is 5. The van der Waals surface area contributed by atoms with Crippen LogP contribution in [0, 0.1) is 0 Å². The number of benzene rings is 2. The molecule has 1 atom stereocenters. The van der Waals surface area contributed by atoms with Crippen molar-refractivity contribution in [3.05, 3.63) is 78.1 Å². The van der Waals surface area contributed by atoms with Gasteiger partial charge in [-0.3, -0.25) is 19.5 Å². The number of carbonyl (C=O) groups is 2. The van der Waals surface area contributed by atoms with E-state index >= 15 is 0 Å². The highest BCUT2D eigenvalue weighted by atomic mass is 16.5. The Morgan fingerprint density at radius 2 is 1.83 bits per heavy atom. The third kappa shape index (κ3) is 3.62. The van der Waals surface area contributed by atoms with Gasteiger partial charge in [0.1, 0.15) is 5.75 Å². The van der Waals surface area contributed by atoms with E-state index in [-0.39, 0.29) is 11.8 Å². The van der Waals surface area contributed by atoms with Crippen LogP contribution < -0.4 is 20.3 Å². The molecule has 1 aliphatic heterocycles. The first kappa shape index (κ1) is 18.5. The number of hydrogen-bond acceptors (Lipinski definition) is 5. The predicted molar refractivity (Wildman–Crippen MR) is 111 cm³/mol. The maximum Gasteiger partial charge on any atom is 0.262 e. The molecule has 0 saturated carbocycles. The summed E-state index contributed by atoms with van der Waals surface area (Å²) >= 11 is 0. The van der Waals surface area contributed by atoms with Crippen LogP contribution in [-0.2, 0) is 4.79 Å². The fourth-order valence-electron chi connectivity index (χ4n) is 3.38. The van der Waals surface area contributed by atoms with Crippen molar-refractivity contribution >= 4 is 28.9 Å². The topological polar surface area (TPSA) is 83.6 Å². The second-order valence-corrected chi connectivity index (χ2v) is 6.62. The summed E-state index contributed by atoms with van der Waals surface area (Å²) in [7, 11) is 1.60. The summed E-state index contributed by atoms with van der Waals surface area (Å²) in [6.45, 7) is 1.46. The fourth-order valence-corrected chi connectivity index (χ4v) is 3.38. The summed E-state index contributed by atoms with van der Waals surface area (Å²) in [5.74, 6) is 0.433. The number of anilines is 3. The van der Waals surface area contributed by atoms with Gasteiger partial charge in [-0.2, -0.15) is 0 Å². The van der Waals surface area contributed by atoms with Crippen molar-refractivity contribution in [2.75, 3.05) is 22.6 Å². The van der Waals surface area contributed by atoms with E-state index in [0.29, 0.717) is 22.7 Å². The molecule has 0 fully saturated rings. The monoisotopic (exact) mass is 388 g/mol. The number of amides is 2. The molecule has 146 valence electrons. The van der Waals surface area contributed by atoms with Gasteiger partial charge in [0, 0.05) is 30.2 Å². The Kier molecular flexibility index (Phi) is 4.87. The molecule has 0 saturated heterocycles. The van der Waals surface area contributed by atoms with Crippen LogP contribution in [0.25, 0.3) is 0 Å². The van der Waals surface area contributed by atoms with Crippen molar-refractivity contribution in [3.8, 4) is 5.75 Å². The van der Waals surface area contributed by atoms with Crippen molar-refractivity contribution in [1.82, 2.24) is 4.98 Å². The Labute approximate surface area is 168 Å². The van der Waals surface area contributed by atoms with Crippen LogP contribution in [0.4, 0.5) is 17.1 Å². The first-order chi connectivity index (χ1) is 14.1. The smallest absolute Gasteiger partial charge is 0.262 e. The molecule has 1 aliphatic rings. The SMILES string of the molecule is COc1ccc(N2C(=O)c3cccnc3C2Nc2cccc(NC(C)=O)c2)cc1. The minimum atomic E-state index is -0.486. The van der Waals surface area contributed by atoms with Gasteiger partial charge < -0.3 is 15.4 Å². The van der Waals surface area contributed by atoms with Gasteiger partial charge in [-0.05, 0) is 54.6 Å². The Morgan fingerprint density at radius 3 is 2.55 bits per heavy atom. The number of nitrogens with zero attached hydrogens (tertiary/aromatic N) is 2. The van der Waals surface area contributed by atoms with E-state index in [1.807, 2.05) is 42.5 Å². The zero-order chi connectivity index (χ0) is 20.4. The lowest BCUT2D eigenvalue weighted by Crippen LogP contribution is -2.32. The second-order valence-electron chi connectivity index (χ2n) is 6.62. The van der Waals surface area contributed by atoms with E-state index in [9.17, 15) is 9.59 Å². The zero-order valence-electron chi connectivity index (χ0n) is 16.0. The van der Waals surface area contributed by atoms with Crippen LogP contribution in [0.3, 0.4) is 0 Å². The summed E-state index contributed by atoms with van der Waals surface area (Å²) in [5, 5.41) is 6.14. The van der Waals surface area contributed by atoms with Crippen LogP contribution in [0.5, 0.6) is 5.75 Å². The van der Waals surface area contributed by atoms with Crippen molar-refractivity contribution in [2.24, 2.45) is 0 Å². The van der Waals surface area contributed by atoms with E-state index in [1.165, 1.54) is 6.92 Å². The lowest BCUT2D eigenvalue weighted by atomic mass is 10.2. The van der Waals surface area contributed by atoms with E-state index in [4.69, 9.17) is 4.74 Å². The molecule has 3 aromatic rings. The number of nitrogens with one attached hydrogen (secondary N) is 2. The highest BCUT2D eigenvalue weighted by Crippen LogP contribution is 2.37. The lowest BCUT2D eigenvalue weighted by molar-refractivity contribution is -0.114.